The van der Waals surface area contributed by atoms with Crippen LogP contribution in [0.5, 0.6) is 0 Å². The molecule has 0 radical (unpaired) electrons. The lowest BCUT2D eigenvalue weighted by atomic mass is 10.1. The molecular formula is C11H22N2OS. The highest BCUT2D eigenvalue weighted by Gasteiger charge is 2.14. The zero-order valence-corrected chi connectivity index (χ0v) is 10.4. The van der Waals surface area contributed by atoms with Crippen LogP contribution in [0.3, 0.4) is 0 Å². The zero-order chi connectivity index (χ0) is 11.1. The topological polar surface area (TPSA) is 38.5 Å². The molecule has 0 aliphatic carbocycles. The number of nitrogens with two attached hydrogens (primary N) is 1. The Morgan fingerprint density at radius 2 is 2.33 bits per heavy atom. The summed E-state index contributed by atoms with van der Waals surface area (Å²) >= 11 is 4.84. The van der Waals surface area contributed by atoms with Crippen molar-refractivity contribution in [2.24, 2.45) is 5.73 Å². The molecule has 0 amide bonds. The molecule has 0 aromatic carbocycles. The van der Waals surface area contributed by atoms with Gasteiger partial charge in [-0.3, -0.25) is 0 Å². The Hall–Kier alpha value is -0.190. The number of hydrogen-bond donors (Lipinski definition) is 1. The van der Waals surface area contributed by atoms with Crippen LogP contribution in [0, 0.1) is 0 Å². The van der Waals surface area contributed by atoms with Crippen molar-refractivity contribution in [3.63, 3.8) is 0 Å². The summed E-state index contributed by atoms with van der Waals surface area (Å²) in [5.41, 5.74) is 5.45. The molecule has 15 heavy (non-hydrogen) atoms. The third-order valence-electron chi connectivity index (χ3n) is 2.83. The molecule has 0 bridgehead atoms. The molecule has 0 aromatic rings. The maximum absolute atomic E-state index is 5.57. The normalized spacial score (nSPS) is 21.1. The molecule has 4 heteroatoms. The second-order valence-electron chi connectivity index (χ2n) is 4.30. The minimum atomic E-state index is 0.522. The van der Waals surface area contributed by atoms with Crippen LogP contribution < -0.4 is 5.73 Å². The lowest BCUT2D eigenvalue weighted by Gasteiger charge is -2.17. The van der Waals surface area contributed by atoms with Crippen molar-refractivity contribution in [1.29, 1.82) is 0 Å². The van der Waals surface area contributed by atoms with Crippen LogP contribution in [0.1, 0.15) is 32.1 Å². The summed E-state index contributed by atoms with van der Waals surface area (Å²) in [4.78, 5) is 2.90. The molecule has 0 spiro atoms. The van der Waals surface area contributed by atoms with E-state index in [1.807, 2.05) is 0 Å². The van der Waals surface area contributed by atoms with Crippen LogP contribution in [-0.4, -0.2) is 42.7 Å². The summed E-state index contributed by atoms with van der Waals surface area (Å²) in [6.07, 6.45) is 6.23. The Labute approximate surface area is 98.0 Å². The van der Waals surface area contributed by atoms with E-state index in [9.17, 15) is 0 Å². The zero-order valence-electron chi connectivity index (χ0n) is 9.58. The highest BCUT2D eigenvalue weighted by Crippen LogP contribution is 2.16. The van der Waals surface area contributed by atoms with Gasteiger partial charge in [0.15, 0.2) is 0 Å². The Morgan fingerprint density at radius 3 is 2.93 bits per heavy atom. The molecule has 1 fully saturated rings. The van der Waals surface area contributed by atoms with E-state index in [0.29, 0.717) is 11.1 Å². The summed E-state index contributed by atoms with van der Waals surface area (Å²) in [5, 5.41) is 0. The van der Waals surface area contributed by atoms with Crippen molar-refractivity contribution in [3.05, 3.63) is 0 Å². The Balaban J connectivity index is 1.96. The number of hydrogen-bond acceptors (Lipinski definition) is 3. The van der Waals surface area contributed by atoms with Crippen LogP contribution in [-0.2, 0) is 4.74 Å². The SMILES string of the molecule is CN(CCCC1CCCO1)CCC(N)=S. The van der Waals surface area contributed by atoms with Gasteiger partial charge in [0.1, 0.15) is 0 Å². The van der Waals surface area contributed by atoms with Crippen LogP contribution in [0.25, 0.3) is 0 Å². The molecule has 3 nitrogen and oxygen atoms in total. The van der Waals surface area contributed by atoms with E-state index in [1.54, 1.807) is 0 Å². The number of rotatable bonds is 7. The van der Waals surface area contributed by atoms with E-state index in [-0.39, 0.29) is 0 Å². The van der Waals surface area contributed by atoms with Gasteiger partial charge in [0.25, 0.3) is 0 Å². The molecule has 88 valence electrons. The second kappa shape index (κ2) is 7.14. The van der Waals surface area contributed by atoms with Gasteiger partial charge in [-0.15, -0.1) is 0 Å². The summed E-state index contributed by atoms with van der Waals surface area (Å²) < 4.78 is 5.57. The third-order valence-corrected chi connectivity index (χ3v) is 3.03. The van der Waals surface area contributed by atoms with E-state index >= 15 is 0 Å². The van der Waals surface area contributed by atoms with Gasteiger partial charge in [-0.1, -0.05) is 12.2 Å². The van der Waals surface area contributed by atoms with Crippen molar-refractivity contribution in [3.8, 4) is 0 Å². The highest BCUT2D eigenvalue weighted by atomic mass is 32.1. The Kier molecular flexibility index (Phi) is 6.13. The van der Waals surface area contributed by atoms with E-state index in [4.69, 9.17) is 22.7 Å². The standard InChI is InChI=1S/C11H22N2OS/c1-13(8-6-11(12)15)7-2-4-10-5-3-9-14-10/h10H,2-9H2,1H3,(H2,12,15). The summed E-state index contributed by atoms with van der Waals surface area (Å²) in [6.45, 7) is 3.05. The predicted molar refractivity (Wildman–Crippen MR) is 67.1 cm³/mol. The van der Waals surface area contributed by atoms with E-state index in [1.165, 1.54) is 25.7 Å². The molecule has 1 unspecified atom stereocenters. The van der Waals surface area contributed by atoms with E-state index in [2.05, 4.69) is 11.9 Å². The average molecular weight is 230 g/mol. The molecule has 1 aliphatic rings. The van der Waals surface area contributed by atoms with Crippen LogP contribution >= 0.6 is 12.2 Å². The molecule has 1 saturated heterocycles. The van der Waals surface area contributed by atoms with Gasteiger partial charge in [-0.05, 0) is 39.3 Å². The fourth-order valence-corrected chi connectivity index (χ4v) is 1.97. The van der Waals surface area contributed by atoms with Gasteiger partial charge in [0, 0.05) is 19.6 Å². The van der Waals surface area contributed by atoms with Gasteiger partial charge in [-0.25, -0.2) is 0 Å². The molecule has 0 saturated carbocycles. The number of ether oxygens (including phenoxy) is 1. The summed E-state index contributed by atoms with van der Waals surface area (Å²) in [5.74, 6) is 0. The predicted octanol–water partition coefficient (Wildman–Crippen LogP) is 1.55. The first-order valence-corrected chi connectivity index (χ1v) is 6.18. The molecule has 1 aliphatic heterocycles. The average Bonchev–Trinajstić information content (AvgIpc) is 2.67. The third kappa shape index (κ3) is 6.07. The number of thiocarbonyl (C=S) groups is 1. The van der Waals surface area contributed by atoms with Crippen molar-refractivity contribution in [1.82, 2.24) is 4.90 Å². The minimum absolute atomic E-state index is 0.522. The van der Waals surface area contributed by atoms with Gasteiger partial charge in [0.2, 0.25) is 0 Å². The Bertz CT molecular complexity index is 193. The lowest BCUT2D eigenvalue weighted by molar-refractivity contribution is 0.0998. The van der Waals surface area contributed by atoms with Crippen molar-refractivity contribution < 1.29 is 4.74 Å². The van der Waals surface area contributed by atoms with Crippen molar-refractivity contribution in [2.45, 2.75) is 38.2 Å². The van der Waals surface area contributed by atoms with E-state index < -0.39 is 0 Å². The van der Waals surface area contributed by atoms with Gasteiger partial charge >= 0.3 is 0 Å². The maximum Gasteiger partial charge on any atom is 0.0740 e. The molecular weight excluding hydrogens is 208 g/mol. The largest absolute Gasteiger partial charge is 0.393 e. The monoisotopic (exact) mass is 230 g/mol. The molecule has 2 N–H and O–H groups in total. The maximum atomic E-state index is 5.57. The van der Waals surface area contributed by atoms with Gasteiger partial charge < -0.3 is 15.4 Å². The fraction of sp³-hybridized carbons (Fsp3) is 0.909. The Morgan fingerprint density at radius 1 is 1.53 bits per heavy atom. The summed E-state index contributed by atoms with van der Waals surface area (Å²) in [6, 6.07) is 0. The first kappa shape index (κ1) is 12.9. The fourth-order valence-electron chi connectivity index (χ4n) is 1.87. The quantitative estimate of drug-likeness (QED) is 0.674. The number of nitrogens with zero attached hydrogens (tertiary/aromatic N) is 1. The molecule has 1 rings (SSSR count). The summed E-state index contributed by atoms with van der Waals surface area (Å²) in [7, 11) is 2.12. The molecule has 1 heterocycles. The smallest absolute Gasteiger partial charge is 0.0740 e. The van der Waals surface area contributed by atoms with Gasteiger partial charge in [-0.2, -0.15) is 0 Å². The van der Waals surface area contributed by atoms with Crippen molar-refractivity contribution >= 4 is 17.2 Å². The van der Waals surface area contributed by atoms with Crippen LogP contribution in [0.4, 0.5) is 0 Å². The second-order valence-corrected chi connectivity index (χ2v) is 4.82. The van der Waals surface area contributed by atoms with Crippen molar-refractivity contribution in [2.75, 3.05) is 26.7 Å². The van der Waals surface area contributed by atoms with Crippen LogP contribution in [0.15, 0.2) is 0 Å². The molecule has 1 atom stereocenters. The van der Waals surface area contributed by atoms with E-state index in [0.717, 1.165) is 26.1 Å². The van der Waals surface area contributed by atoms with Gasteiger partial charge in [0.05, 0.1) is 11.1 Å². The first-order valence-electron chi connectivity index (χ1n) is 5.77. The highest BCUT2D eigenvalue weighted by molar-refractivity contribution is 7.80. The lowest BCUT2D eigenvalue weighted by Crippen LogP contribution is -2.25. The molecule has 0 aromatic heterocycles. The first-order chi connectivity index (χ1) is 7.18. The minimum Gasteiger partial charge on any atom is -0.393 e. The van der Waals surface area contributed by atoms with Crippen LogP contribution in [0.2, 0.25) is 0 Å².